The van der Waals surface area contributed by atoms with Crippen LogP contribution in [0.4, 0.5) is 5.82 Å². The van der Waals surface area contributed by atoms with E-state index in [9.17, 15) is 0 Å². The second kappa shape index (κ2) is 4.37. The van der Waals surface area contributed by atoms with Crippen molar-refractivity contribution in [2.75, 3.05) is 12.3 Å². The fourth-order valence-electron chi connectivity index (χ4n) is 1.47. The molecule has 1 heterocycles. The van der Waals surface area contributed by atoms with E-state index in [1.54, 1.807) is 6.07 Å². The van der Waals surface area contributed by atoms with Crippen LogP contribution in [0.15, 0.2) is 30.3 Å². The van der Waals surface area contributed by atoms with E-state index in [4.69, 9.17) is 16.2 Å². The zero-order chi connectivity index (χ0) is 11.5. The van der Waals surface area contributed by atoms with Crippen molar-refractivity contribution in [3.8, 4) is 5.75 Å². The van der Waals surface area contributed by atoms with Crippen molar-refractivity contribution in [3.05, 3.63) is 30.3 Å². The lowest BCUT2D eigenvalue weighted by Crippen LogP contribution is -2.23. The van der Waals surface area contributed by atoms with Crippen molar-refractivity contribution < 1.29 is 4.74 Å². The van der Waals surface area contributed by atoms with Crippen molar-refractivity contribution in [3.63, 3.8) is 0 Å². The lowest BCUT2D eigenvalue weighted by molar-refractivity contribution is 0.299. The van der Waals surface area contributed by atoms with Crippen LogP contribution in [-0.4, -0.2) is 17.6 Å². The summed E-state index contributed by atoms with van der Waals surface area (Å²) in [6.45, 7) is 2.36. The molecule has 0 spiro atoms. The molecule has 0 fully saturated rings. The zero-order valence-corrected chi connectivity index (χ0v) is 9.18. The van der Waals surface area contributed by atoms with E-state index >= 15 is 0 Å². The number of anilines is 1. The maximum Gasteiger partial charge on any atom is 0.145 e. The van der Waals surface area contributed by atoms with Gasteiger partial charge in [0, 0.05) is 11.4 Å². The molecule has 0 bridgehead atoms. The standard InChI is InChI=1S/C12H15N3O/c1-8(13)7-16-10-4-2-3-9-5-6-11(14)15-12(9)10/h2-6,8H,7,13H2,1H3,(H2,14,15)/t8-/m1/s1. The minimum atomic E-state index is -0.00341. The van der Waals surface area contributed by atoms with Gasteiger partial charge in [0.05, 0.1) is 0 Å². The summed E-state index contributed by atoms with van der Waals surface area (Å²) in [5.74, 6) is 1.21. The van der Waals surface area contributed by atoms with E-state index in [0.717, 1.165) is 16.7 Å². The molecule has 16 heavy (non-hydrogen) atoms. The number of nitrogen functional groups attached to an aromatic ring is 1. The van der Waals surface area contributed by atoms with Crippen LogP contribution in [-0.2, 0) is 0 Å². The molecule has 84 valence electrons. The summed E-state index contributed by atoms with van der Waals surface area (Å²) in [7, 11) is 0. The van der Waals surface area contributed by atoms with Gasteiger partial charge in [-0.25, -0.2) is 4.98 Å². The molecular weight excluding hydrogens is 202 g/mol. The summed E-state index contributed by atoms with van der Waals surface area (Å²) in [6, 6.07) is 9.47. The molecule has 0 aliphatic carbocycles. The molecular formula is C12H15N3O. The molecule has 1 aromatic carbocycles. The molecule has 0 saturated heterocycles. The number of fused-ring (bicyclic) bond motifs is 1. The number of hydrogen-bond donors (Lipinski definition) is 2. The van der Waals surface area contributed by atoms with Gasteiger partial charge >= 0.3 is 0 Å². The lowest BCUT2D eigenvalue weighted by Gasteiger charge is -2.10. The van der Waals surface area contributed by atoms with Gasteiger partial charge in [-0.3, -0.25) is 0 Å². The summed E-state index contributed by atoms with van der Waals surface area (Å²) in [4.78, 5) is 4.27. The molecule has 1 atom stereocenters. The van der Waals surface area contributed by atoms with Crippen LogP contribution in [0.3, 0.4) is 0 Å². The first kappa shape index (κ1) is 10.7. The first-order chi connectivity index (χ1) is 7.66. The van der Waals surface area contributed by atoms with Crippen molar-refractivity contribution in [2.45, 2.75) is 13.0 Å². The molecule has 0 aliphatic rings. The normalized spacial score (nSPS) is 12.6. The highest BCUT2D eigenvalue weighted by Crippen LogP contribution is 2.24. The Morgan fingerprint density at radius 3 is 2.88 bits per heavy atom. The predicted molar refractivity (Wildman–Crippen MR) is 65.3 cm³/mol. The second-order valence-electron chi connectivity index (χ2n) is 3.85. The van der Waals surface area contributed by atoms with Crippen LogP contribution >= 0.6 is 0 Å². The van der Waals surface area contributed by atoms with E-state index in [2.05, 4.69) is 4.98 Å². The highest BCUT2D eigenvalue weighted by atomic mass is 16.5. The SMILES string of the molecule is C[C@@H](N)COc1cccc2ccc(N)nc12. The largest absolute Gasteiger partial charge is 0.490 e. The van der Waals surface area contributed by atoms with Gasteiger partial charge < -0.3 is 16.2 Å². The van der Waals surface area contributed by atoms with Gasteiger partial charge in [0.15, 0.2) is 0 Å². The van der Waals surface area contributed by atoms with Gasteiger partial charge in [0.2, 0.25) is 0 Å². The number of aromatic nitrogens is 1. The van der Waals surface area contributed by atoms with Gasteiger partial charge in [-0.1, -0.05) is 12.1 Å². The van der Waals surface area contributed by atoms with E-state index in [1.807, 2.05) is 31.2 Å². The summed E-state index contributed by atoms with van der Waals surface area (Å²) in [6.07, 6.45) is 0. The quantitative estimate of drug-likeness (QED) is 0.817. The number of para-hydroxylation sites is 1. The zero-order valence-electron chi connectivity index (χ0n) is 9.18. The molecule has 0 radical (unpaired) electrons. The Labute approximate surface area is 94.2 Å². The third-order valence-corrected chi connectivity index (χ3v) is 2.21. The average Bonchev–Trinajstić information content (AvgIpc) is 2.26. The van der Waals surface area contributed by atoms with Crippen LogP contribution in [0.5, 0.6) is 5.75 Å². The summed E-state index contributed by atoms with van der Waals surface area (Å²) >= 11 is 0. The number of rotatable bonds is 3. The Bertz CT molecular complexity index is 497. The number of nitrogens with zero attached hydrogens (tertiary/aromatic N) is 1. The molecule has 2 aromatic rings. The molecule has 2 rings (SSSR count). The number of nitrogens with two attached hydrogens (primary N) is 2. The van der Waals surface area contributed by atoms with Gasteiger partial charge in [-0.15, -0.1) is 0 Å². The second-order valence-corrected chi connectivity index (χ2v) is 3.85. The van der Waals surface area contributed by atoms with Crippen molar-refractivity contribution in [1.82, 2.24) is 4.98 Å². The Hall–Kier alpha value is -1.81. The monoisotopic (exact) mass is 217 g/mol. The fourth-order valence-corrected chi connectivity index (χ4v) is 1.47. The topological polar surface area (TPSA) is 74.2 Å². The Kier molecular flexibility index (Phi) is 2.92. The van der Waals surface area contributed by atoms with Gasteiger partial charge in [0.25, 0.3) is 0 Å². The van der Waals surface area contributed by atoms with Gasteiger partial charge in [-0.05, 0) is 25.1 Å². The van der Waals surface area contributed by atoms with Crippen LogP contribution in [0.25, 0.3) is 10.9 Å². The van der Waals surface area contributed by atoms with E-state index < -0.39 is 0 Å². The highest BCUT2D eigenvalue weighted by molar-refractivity contribution is 5.85. The number of hydrogen-bond acceptors (Lipinski definition) is 4. The average molecular weight is 217 g/mol. The van der Waals surface area contributed by atoms with Crippen molar-refractivity contribution in [1.29, 1.82) is 0 Å². The Morgan fingerprint density at radius 1 is 1.31 bits per heavy atom. The third-order valence-electron chi connectivity index (χ3n) is 2.21. The molecule has 4 nitrogen and oxygen atoms in total. The van der Waals surface area contributed by atoms with Crippen molar-refractivity contribution >= 4 is 16.7 Å². The summed E-state index contributed by atoms with van der Waals surface area (Å²) in [5.41, 5.74) is 12.1. The first-order valence-electron chi connectivity index (χ1n) is 5.20. The van der Waals surface area contributed by atoms with Crippen molar-refractivity contribution in [2.24, 2.45) is 5.73 Å². The van der Waals surface area contributed by atoms with E-state index in [1.165, 1.54) is 0 Å². The molecule has 4 N–H and O–H groups in total. The van der Waals surface area contributed by atoms with E-state index in [0.29, 0.717) is 12.4 Å². The first-order valence-corrected chi connectivity index (χ1v) is 5.20. The Morgan fingerprint density at radius 2 is 2.12 bits per heavy atom. The molecule has 0 amide bonds. The van der Waals surface area contributed by atoms with Crippen LogP contribution in [0, 0.1) is 0 Å². The summed E-state index contributed by atoms with van der Waals surface area (Å²) in [5, 5.41) is 1.01. The van der Waals surface area contributed by atoms with Crippen LogP contribution in [0.2, 0.25) is 0 Å². The lowest BCUT2D eigenvalue weighted by atomic mass is 10.2. The molecule has 0 aliphatic heterocycles. The summed E-state index contributed by atoms with van der Waals surface area (Å²) < 4.78 is 5.59. The molecule has 0 unspecified atom stereocenters. The molecule has 4 heteroatoms. The van der Waals surface area contributed by atoms with Gasteiger partial charge in [-0.2, -0.15) is 0 Å². The van der Waals surface area contributed by atoms with Gasteiger partial charge in [0.1, 0.15) is 23.7 Å². The molecule has 0 saturated carbocycles. The minimum absolute atomic E-state index is 0.00341. The fraction of sp³-hybridized carbons (Fsp3) is 0.250. The maximum atomic E-state index is 5.66. The maximum absolute atomic E-state index is 5.66. The number of ether oxygens (including phenoxy) is 1. The van der Waals surface area contributed by atoms with Crippen LogP contribution in [0.1, 0.15) is 6.92 Å². The number of benzene rings is 1. The number of pyridine rings is 1. The smallest absolute Gasteiger partial charge is 0.145 e. The molecule has 1 aromatic heterocycles. The third kappa shape index (κ3) is 2.23. The minimum Gasteiger partial charge on any atom is -0.490 e. The highest BCUT2D eigenvalue weighted by Gasteiger charge is 2.04. The Balaban J connectivity index is 2.40. The van der Waals surface area contributed by atoms with Crippen LogP contribution < -0.4 is 16.2 Å². The van der Waals surface area contributed by atoms with E-state index in [-0.39, 0.29) is 6.04 Å². The predicted octanol–water partition coefficient (Wildman–Crippen LogP) is 1.54.